The summed E-state index contributed by atoms with van der Waals surface area (Å²) in [6.07, 6.45) is 0. The fourth-order valence-corrected chi connectivity index (χ4v) is 2.04. The van der Waals surface area contributed by atoms with E-state index in [1.165, 1.54) is 25.3 Å². The van der Waals surface area contributed by atoms with Crippen LogP contribution in [0.15, 0.2) is 18.2 Å². The summed E-state index contributed by atoms with van der Waals surface area (Å²) in [5.41, 5.74) is 0.364. The quantitative estimate of drug-likeness (QED) is 0.842. The van der Waals surface area contributed by atoms with Crippen molar-refractivity contribution < 1.29 is 13.9 Å². The molecular formula is C13H18FN3O2. The number of carbonyl (C=O) groups is 1. The number of rotatable bonds is 4. The highest BCUT2D eigenvalue weighted by molar-refractivity contribution is 5.93. The summed E-state index contributed by atoms with van der Waals surface area (Å²) in [6.45, 7) is 3.76. The van der Waals surface area contributed by atoms with Gasteiger partial charge in [-0.15, -0.1) is 0 Å². The van der Waals surface area contributed by atoms with E-state index in [9.17, 15) is 9.18 Å². The van der Waals surface area contributed by atoms with E-state index in [2.05, 4.69) is 15.5 Å². The van der Waals surface area contributed by atoms with E-state index < -0.39 is 5.82 Å². The van der Waals surface area contributed by atoms with Crippen molar-refractivity contribution in [1.82, 2.24) is 10.2 Å². The summed E-state index contributed by atoms with van der Waals surface area (Å²) in [5, 5.41) is 5.90. The zero-order chi connectivity index (χ0) is 13.7. The lowest BCUT2D eigenvalue weighted by Crippen LogP contribution is -2.46. The Bertz CT molecular complexity index is 448. The molecule has 2 rings (SSSR count). The molecule has 6 heteroatoms. The number of ether oxygens (including phenoxy) is 1. The van der Waals surface area contributed by atoms with Crippen molar-refractivity contribution in [2.45, 2.75) is 0 Å². The second-order valence-corrected chi connectivity index (χ2v) is 4.42. The molecule has 5 nitrogen and oxygen atoms in total. The Morgan fingerprint density at radius 2 is 2.21 bits per heavy atom. The molecule has 0 spiro atoms. The molecule has 0 saturated carbocycles. The van der Waals surface area contributed by atoms with Gasteiger partial charge < -0.3 is 15.4 Å². The van der Waals surface area contributed by atoms with Crippen LogP contribution >= 0.6 is 0 Å². The summed E-state index contributed by atoms with van der Waals surface area (Å²) in [4.78, 5) is 14.0. The molecular weight excluding hydrogens is 249 g/mol. The summed E-state index contributed by atoms with van der Waals surface area (Å²) in [7, 11) is 1.49. The SMILES string of the molecule is COc1ccc(F)cc1NC(=O)CN1CCNCC1. The molecule has 1 aliphatic rings. The van der Waals surface area contributed by atoms with Gasteiger partial charge in [-0.05, 0) is 12.1 Å². The monoisotopic (exact) mass is 267 g/mol. The molecule has 0 unspecified atom stereocenters. The Labute approximate surface area is 111 Å². The second-order valence-electron chi connectivity index (χ2n) is 4.42. The van der Waals surface area contributed by atoms with Crippen molar-refractivity contribution in [3.05, 3.63) is 24.0 Å². The average Bonchev–Trinajstić information content (AvgIpc) is 2.40. The number of amides is 1. The molecule has 0 aromatic heterocycles. The molecule has 0 aliphatic carbocycles. The topological polar surface area (TPSA) is 53.6 Å². The zero-order valence-electron chi connectivity index (χ0n) is 10.9. The minimum absolute atomic E-state index is 0.161. The third kappa shape index (κ3) is 3.90. The summed E-state index contributed by atoms with van der Waals surface area (Å²) in [6, 6.07) is 4.05. The lowest BCUT2D eigenvalue weighted by atomic mass is 10.2. The Morgan fingerprint density at radius 1 is 1.47 bits per heavy atom. The van der Waals surface area contributed by atoms with E-state index >= 15 is 0 Å². The van der Waals surface area contributed by atoms with Gasteiger partial charge in [0.25, 0.3) is 0 Å². The van der Waals surface area contributed by atoms with E-state index in [0.717, 1.165) is 26.2 Å². The number of hydrogen-bond acceptors (Lipinski definition) is 4. The van der Waals surface area contributed by atoms with Crippen LogP contribution in [-0.2, 0) is 4.79 Å². The Kier molecular flexibility index (Phi) is 4.70. The Balaban J connectivity index is 1.95. The standard InChI is InChI=1S/C13H18FN3O2/c1-19-12-3-2-10(14)8-11(12)16-13(18)9-17-6-4-15-5-7-17/h2-3,8,15H,4-7,9H2,1H3,(H,16,18). The molecule has 1 fully saturated rings. The number of anilines is 1. The summed E-state index contributed by atoms with van der Waals surface area (Å²) in [5.74, 6) is -0.112. The van der Waals surface area contributed by atoms with Crippen LogP contribution < -0.4 is 15.4 Å². The van der Waals surface area contributed by atoms with Crippen LogP contribution in [0.2, 0.25) is 0 Å². The number of carbonyl (C=O) groups excluding carboxylic acids is 1. The molecule has 1 aromatic carbocycles. The van der Waals surface area contributed by atoms with Crippen molar-refractivity contribution in [2.24, 2.45) is 0 Å². The largest absolute Gasteiger partial charge is 0.495 e. The van der Waals surface area contributed by atoms with E-state index in [4.69, 9.17) is 4.74 Å². The third-order valence-corrected chi connectivity index (χ3v) is 3.01. The molecule has 1 saturated heterocycles. The van der Waals surface area contributed by atoms with Crippen LogP contribution in [0.4, 0.5) is 10.1 Å². The molecule has 0 bridgehead atoms. The minimum Gasteiger partial charge on any atom is -0.495 e. The fraction of sp³-hybridized carbons (Fsp3) is 0.462. The number of nitrogens with zero attached hydrogens (tertiary/aromatic N) is 1. The van der Waals surface area contributed by atoms with Gasteiger partial charge in [-0.2, -0.15) is 0 Å². The van der Waals surface area contributed by atoms with Crippen molar-refractivity contribution in [3.8, 4) is 5.75 Å². The Hall–Kier alpha value is -1.66. The highest BCUT2D eigenvalue weighted by atomic mass is 19.1. The van der Waals surface area contributed by atoms with Gasteiger partial charge in [-0.1, -0.05) is 0 Å². The van der Waals surface area contributed by atoms with E-state index in [0.29, 0.717) is 18.0 Å². The fourth-order valence-electron chi connectivity index (χ4n) is 2.04. The predicted molar refractivity (Wildman–Crippen MR) is 70.9 cm³/mol. The molecule has 0 radical (unpaired) electrons. The minimum atomic E-state index is -0.404. The van der Waals surface area contributed by atoms with Crippen molar-refractivity contribution in [3.63, 3.8) is 0 Å². The molecule has 1 heterocycles. The van der Waals surface area contributed by atoms with Gasteiger partial charge in [0.1, 0.15) is 11.6 Å². The number of halogens is 1. The van der Waals surface area contributed by atoms with Crippen LogP contribution in [0.1, 0.15) is 0 Å². The molecule has 2 N–H and O–H groups in total. The van der Waals surface area contributed by atoms with E-state index in [1.807, 2.05) is 0 Å². The third-order valence-electron chi connectivity index (χ3n) is 3.01. The molecule has 1 aromatic rings. The second kappa shape index (κ2) is 6.49. The molecule has 1 aliphatic heterocycles. The summed E-state index contributed by atoms with van der Waals surface area (Å²) < 4.78 is 18.3. The van der Waals surface area contributed by atoms with Crippen LogP contribution in [0.3, 0.4) is 0 Å². The first-order valence-electron chi connectivity index (χ1n) is 6.25. The molecule has 0 atom stereocenters. The van der Waals surface area contributed by atoms with E-state index in [-0.39, 0.29) is 5.91 Å². The number of piperazine rings is 1. The normalized spacial score (nSPS) is 16.1. The van der Waals surface area contributed by atoms with Gasteiger partial charge >= 0.3 is 0 Å². The lowest BCUT2D eigenvalue weighted by molar-refractivity contribution is -0.117. The Morgan fingerprint density at radius 3 is 2.89 bits per heavy atom. The maximum Gasteiger partial charge on any atom is 0.238 e. The first kappa shape index (κ1) is 13.8. The van der Waals surface area contributed by atoms with Crippen molar-refractivity contribution in [1.29, 1.82) is 0 Å². The number of nitrogens with one attached hydrogen (secondary N) is 2. The van der Waals surface area contributed by atoms with Gasteiger partial charge in [0.05, 0.1) is 19.3 Å². The first-order valence-corrected chi connectivity index (χ1v) is 6.25. The maximum atomic E-state index is 13.2. The molecule has 19 heavy (non-hydrogen) atoms. The van der Waals surface area contributed by atoms with E-state index in [1.54, 1.807) is 0 Å². The molecule has 104 valence electrons. The van der Waals surface area contributed by atoms with Crippen molar-refractivity contribution >= 4 is 11.6 Å². The van der Waals surface area contributed by atoms with Gasteiger partial charge in [-0.3, -0.25) is 9.69 Å². The number of hydrogen-bond donors (Lipinski definition) is 2. The van der Waals surface area contributed by atoms with Crippen LogP contribution in [0.25, 0.3) is 0 Å². The van der Waals surface area contributed by atoms with Crippen LogP contribution in [0, 0.1) is 5.82 Å². The highest BCUT2D eigenvalue weighted by Crippen LogP contribution is 2.24. The zero-order valence-corrected chi connectivity index (χ0v) is 10.9. The lowest BCUT2D eigenvalue weighted by Gasteiger charge is -2.26. The van der Waals surface area contributed by atoms with Gasteiger partial charge in [-0.25, -0.2) is 4.39 Å². The van der Waals surface area contributed by atoms with Gasteiger partial charge in [0.15, 0.2) is 0 Å². The number of benzene rings is 1. The van der Waals surface area contributed by atoms with Gasteiger partial charge in [0, 0.05) is 32.2 Å². The maximum absolute atomic E-state index is 13.2. The highest BCUT2D eigenvalue weighted by Gasteiger charge is 2.15. The smallest absolute Gasteiger partial charge is 0.238 e. The average molecular weight is 267 g/mol. The van der Waals surface area contributed by atoms with Crippen LogP contribution in [0.5, 0.6) is 5.75 Å². The van der Waals surface area contributed by atoms with Crippen molar-refractivity contribution in [2.75, 3.05) is 45.2 Å². The van der Waals surface area contributed by atoms with Crippen LogP contribution in [-0.4, -0.2) is 50.6 Å². The number of methoxy groups -OCH3 is 1. The molecule has 1 amide bonds. The van der Waals surface area contributed by atoms with Gasteiger partial charge in [0.2, 0.25) is 5.91 Å². The summed E-state index contributed by atoms with van der Waals surface area (Å²) >= 11 is 0. The predicted octanol–water partition coefficient (Wildman–Crippen LogP) is 0.678. The first-order chi connectivity index (χ1) is 9.19.